The van der Waals surface area contributed by atoms with Gasteiger partial charge in [0, 0.05) is 4.90 Å². The molecule has 0 spiro atoms. The molecule has 0 aromatic heterocycles. The molecule has 0 N–H and O–H groups in total. The van der Waals surface area contributed by atoms with Gasteiger partial charge in [-0.1, -0.05) is 32.0 Å². The molecule has 0 fully saturated rings. The van der Waals surface area contributed by atoms with Gasteiger partial charge in [0.05, 0.1) is 26.2 Å². The standard InChI is InChI=1S/C28H32FO7PS.C2H6.CH2O/c1-4-34-37(32,36-16-13-30)35-15-6-5-14-33-28(31)19-26-20(2)25(24-12-9-22(29)18-27(24)26)17-21-7-10-23(38-3)11-8-21;2*1-2/h7-13,17-18H,4-6,14-16,19H2,1-3H3;1-2H3;1H2/b25-17-;;. The van der Waals surface area contributed by atoms with E-state index in [0.717, 1.165) is 32.7 Å². The Morgan fingerprint density at radius 3 is 2.29 bits per heavy atom. The summed E-state index contributed by atoms with van der Waals surface area (Å²) in [6, 6.07) is 12.8. The van der Waals surface area contributed by atoms with Gasteiger partial charge in [-0.3, -0.25) is 18.4 Å². The number of ether oxygens (including phenoxy) is 1. The lowest BCUT2D eigenvalue weighted by Gasteiger charge is -2.15. The number of unbranched alkanes of at least 4 members (excludes halogenated alkanes) is 1. The van der Waals surface area contributed by atoms with Gasteiger partial charge in [0.2, 0.25) is 0 Å². The van der Waals surface area contributed by atoms with Crippen LogP contribution in [0, 0.1) is 5.82 Å². The summed E-state index contributed by atoms with van der Waals surface area (Å²) in [5.41, 5.74) is 5.20. The molecule has 1 unspecified atom stereocenters. The third-order valence-corrected chi connectivity index (χ3v) is 8.12. The molecule has 0 heterocycles. The fourth-order valence-corrected chi connectivity index (χ4v) is 5.55. The molecule has 2 aromatic carbocycles. The minimum absolute atomic E-state index is 0.0145. The Morgan fingerprint density at radius 2 is 1.67 bits per heavy atom. The second kappa shape index (κ2) is 20.1. The minimum atomic E-state index is -3.78. The van der Waals surface area contributed by atoms with E-state index in [-0.39, 0.29) is 32.1 Å². The van der Waals surface area contributed by atoms with Gasteiger partial charge < -0.3 is 14.3 Å². The van der Waals surface area contributed by atoms with Crippen LogP contribution in [-0.4, -0.2) is 51.7 Å². The Kier molecular flexibility index (Phi) is 17.8. The predicted molar refractivity (Wildman–Crippen MR) is 166 cm³/mol. The Bertz CT molecular complexity index is 1260. The Morgan fingerprint density at radius 1 is 1.00 bits per heavy atom. The number of carbonyl (C=O) groups excluding carboxylic acids is 3. The van der Waals surface area contributed by atoms with E-state index in [4.69, 9.17) is 23.1 Å². The number of phosphoric acid groups is 1. The molecule has 42 heavy (non-hydrogen) atoms. The number of rotatable bonds is 15. The number of esters is 1. The van der Waals surface area contributed by atoms with Crippen LogP contribution in [0.4, 0.5) is 4.39 Å². The number of hydrogen-bond acceptors (Lipinski definition) is 9. The van der Waals surface area contributed by atoms with E-state index in [1.807, 2.05) is 64.2 Å². The van der Waals surface area contributed by atoms with Gasteiger partial charge in [0.25, 0.3) is 0 Å². The zero-order valence-electron chi connectivity index (χ0n) is 24.9. The van der Waals surface area contributed by atoms with Gasteiger partial charge in [-0.2, -0.15) is 0 Å². The van der Waals surface area contributed by atoms with Crippen molar-refractivity contribution in [1.82, 2.24) is 0 Å². The summed E-state index contributed by atoms with van der Waals surface area (Å²) < 4.78 is 46.8. The van der Waals surface area contributed by atoms with Crippen molar-refractivity contribution in [3.8, 4) is 0 Å². The van der Waals surface area contributed by atoms with Crippen LogP contribution in [0.1, 0.15) is 63.6 Å². The van der Waals surface area contributed by atoms with Gasteiger partial charge >= 0.3 is 13.8 Å². The van der Waals surface area contributed by atoms with Crippen molar-refractivity contribution in [2.24, 2.45) is 0 Å². The fraction of sp³-hybridized carbons (Fsp3) is 0.387. The first kappa shape index (κ1) is 37.1. The number of hydrogen-bond donors (Lipinski definition) is 0. The van der Waals surface area contributed by atoms with E-state index in [0.29, 0.717) is 24.7 Å². The summed E-state index contributed by atoms with van der Waals surface area (Å²) in [7, 11) is -3.78. The number of benzene rings is 2. The van der Waals surface area contributed by atoms with Gasteiger partial charge in [-0.15, -0.1) is 11.8 Å². The van der Waals surface area contributed by atoms with Gasteiger partial charge in [-0.25, -0.2) is 8.96 Å². The van der Waals surface area contributed by atoms with E-state index < -0.39 is 20.4 Å². The second-order valence-corrected chi connectivity index (χ2v) is 10.9. The number of aldehydes is 1. The molecule has 1 atom stereocenters. The molecule has 0 bridgehead atoms. The Hall–Kier alpha value is -2.88. The number of allylic oxidation sites excluding steroid dienone is 2. The van der Waals surface area contributed by atoms with E-state index in [1.165, 1.54) is 12.1 Å². The van der Waals surface area contributed by atoms with Crippen molar-refractivity contribution in [2.45, 2.75) is 51.9 Å². The molecule has 0 amide bonds. The van der Waals surface area contributed by atoms with Crippen molar-refractivity contribution in [3.63, 3.8) is 0 Å². The zero-order valence-corrected chi connectivity index (χ0v) is 26.6. The maximum Gasteiger partial charge on any atom is 0.475 e. The van der Waals surface area contributed by atoms with Crippen LogP contribution < -0.4 is 0 Å². The van der Waals surface area contributed by atoms with Crippen LogP contribution in [0.5, 0.6) is 0 Å². The molecule has 3 rings (SSSR count). The normalized spacial score (nSPS) is 14.2. The summed E-state index contributed by atoms with van der Waals surface area (Å²) in [6.45, 7) is 9.48. The van der Waals surface area contributed by atoms with Crippen LogP contribution in [0.2, 0.25) is 0 Å². The molecule has 0 saturated carbocycles. The predicted octanol–water partition coefficient (Wildman–Crippen LogP) is 7.81. The van der Waals surface area contributed by atoms with Crippen LogP contribution in [-0.2, 0) is 37.3 Å². The topological polar surface area (TPSA) is 105 Å². The highest BCUT2D eigenvalue weighted by Gasteiger charge is 2.27. The number of thioether (sulfide) groups is 1. The zero-order chi connectivity index (χ0) is 31.5. The third kappa shape index (κ3) is 11.4. The molecule has 11 heteroatoms. The molecular formula is C31H40FO8PS. The molecule has 1 aliphatic carbocycles. The summed E-state index contributed by atoms with van der Waals surface area (Å²) in [5, 5.41) is 0. The van der Waals surface area contributed by atoms with Crippen molar-refractivity contribution >= 4 is 55.9 Å². The van der Waals surface area contributed by atoms with Crippen molar-refractivity contribution in [2.75, 3.05) is 32.7 Å². The largest absolute Gasteiger partial charge is 0.475 e. The molecule has 0 aliphatic heterocycles. The molecule has 230 valence electrons. The van der Waals surface area contributed by atoms with Crippen LogP contribution in [0.3, 0.4) is 0 Å². The second-order valence-electron chi connectivity index (χ2n) is 8.39. The quantitative estimate of drug-likeness (QED) is 0.0647. The van der Waals surface area contributed by atoms with E-state index >= 15 is 0 Å². The van der Waals surface area contributed by atoms with Gasteiger partial charge in [0.15, 0.2) is 0 Å². The minimum Gasteiger partial charge on any atom is -0.465 e. The summed E-state index contributed by atoms with van der Waals surface area (Å²) in [4.78, 5) is 32.3. The van der Waals surface area contributed by atoms with E-state index in [9.17, 15) is 18.5 Å². The third-order valence-electron chi connectivity index (χ3n) is 5.84. The van der Waals surface area contributed by atoms with Crippen molar-refractivity contribution < 1.29 is 41.6 Å². The Labute approximate surface area is 252 Å². The monoisotopic (exact) mass is 622 g/mol. The first-order valence-electron chi connectivity index (χ1n) is 13.6. The summed E-state index contributed by atoms with van der Waals surface area (Å²) in [6.07, 6.45) is 5.45. The van der Waals surface area contributed by atoms with E-state index in [2.05, 4.69) is 0 Å². The van der Waals surface area contributed by atoms with Crippen LogP contribution in [0.15, 0.2) is 52.9 Å². The first-order valence-corrected chi connectivity index (χ1v) is 16.3. The lowest BCUT2D eigenvalue weighted by Crippen LogP contribution is -2.08. The SMILES string of the molecule is C=O.CC.CCOP(=O)(OCC=O)OCCCCOC(=O)CC1=C(C)/C(=C/c2ccc(SC)cc2)c2ccc(F)cc21. The smallest absolute Gasteiger partial charge is 0.465 e. The Balaban J connectivity index is 0.00000211. The maximum absolute atomic E-state index is 14.1. The van der Waals surface area contributed by atoms with Crippen molar-refractivity contribution in [3.05, 3.63) is 70.5 Å². The van der Waals surface area contributed by atoms with Crippen LogP contribution >= 0.6 is 19.6 Å². The summed E-state index contributed by atoms with van der Waals surface area (Å²) in [5.74, 6) is -0.787. The highest BCUT2D eigenvalue weighted by atomic mass is 32.2. The van der Waals surface area contributed by atoms with Gasteiger partial charge in [-0.05, 0) is 96.7 Å². The lowest BCUT2D eigenvalue weighted by atomic mass is 10.0. The number of phosphoric ester groups is 1. The molecule has 0 saturated heterocycles. The van der Waals surface area contributed by atoms with Crippen LogP contribution in [0.25, 0.3) is 17.2 Å². The van der Waals surface area contributed by atoms with E-state index in [1.54, 1.807) is 24.8 Å². The van der Waals surface area contributed by atoms with Crippen molar-refractivity contribution in [1.29, 1.82) is 0 Å². The average Bonchev–Trinajstić information content (AvgIpc) is 3.25. The van der Waals surface area contributed by atoms with Gasteiger partial charge in [0.1, 0.15) is 25.5 Å². The number of fused-ring (bicyclic) bond motifs is 1. The number of halogens is 1. The highest BCUT2D eigenvalue weighted by molar-refractivity contribution is 7.98. The molecule has 2 aromatic rings. The maximum atomic E-state index is 14.1. The fourth-order valence-electron chi connectivity index (χ4n) is 4.00. The first-order chi connectivity index (χ1) is 20.3. The molecule has 1 aliphatic rings. The summed E-state index contributed by atoms with van der Waals surface area (Å²) >= 11 is 1.67. The lowest BCUT2D eigenvalue weighted by molar-refractivity contribution is -0.142. The molecule has 8 nitrogen and oxygen atoms in total. The number of carbonyl (C=O) groups is 3. The highest BCUT2D eigenvalue weighted by Crippen LogP contribution is 2.49. The molecular weight excluding hydrogens is 582 g/mol. The molecule has 0 radical (unpaired) electrons. The average molecular weight is 623 g/mol.